The lowest BCUT2D eigenvalue weighted by Crippen LogP contribution is -2.35. The summed E-state index contributed by atoms with van der Waals surface area (Å²) in [5.41, 5.74) is -0.0657. The van der Waals surface area contributed by atoms with Crippen LogP contribution in [0.25, 0.3) is 0 Å². The monoisotopic (exact) mass is 318 g/mol. The summed E-state index contributed by atoms with van der Waals surface area (Å²) < 4.78 is 27.3. The van der Waals surface area contributed by atoms with Crippen molar-refractivity contribution in [1.82, 2.24) is 8.87 Å². The first-order chi connectivity index (χ1) is 9.91. The fraction of sp³-hybridized carbons (Fsp3) is 0.583. The van der Waals surface area contributed by atoms with Gasteiger partial charge in [-0.15, -0.1) is 0 Å². The van der Waals surface area contributed by atoms with Crippen LogP contribution in [0.3, 0.4) is 0 Å². The molecule has 21 heavy (non-hydrogen) atoms. The molecule has 0 unspecified atom stereocenters. The molecule has 1 heterocycles. The lowest BCUT2D eigenvalue weighted by atomic mass is 10.4. The van der Waals surface area contributed by atoms with E-state index in [4.69, 9.17) is 15.3 Å². The van der Waals surface area contributed by atoms with Gasteiger partial charge in [0.05, 0.1) is 13.2 Å². The molecule has 0 atom stereocenters. The van der Waals surface area contributed by atoms with E-state index in [9.17, 15) is 13.2 Å². The van der Waals surface area contributed by atoms with Gasteiger partial charge in [-0.1, -0.05) is 0 Å². The second-order valence-corrected chi connectivity index (χ2v) is 6.79. The Hall–Kier alpha value is -1.42. The Morgan fingerprint density at radius 1 is 1.29 bits per heavy atom. The van der Waals surface area contributed by atoms with Crippen LogP contribution in [-0.4, -0.2) is 64.9 Å². The summed E-state index contributed by atoms with van der Waals surface area (Å²) in [7, 11) is -3.94. The Balaban J connectivity index is 2.39. The van der Waals surface area contributed by atoms with Gasteiger partial charge < -0.3 is 19.9 Å². The van der Waals surface area contributed by atoms with Crippen LogP contribution in [0.1, 0.15) is 29.4 Å². The van der Waals surface area contributed by atoms with Crippen LogP contribution in [0.5, 0.6) is 0 Å². The first kappa shape index (κ1) is 16.0. The van der Waals surface area contributed by atoms with Crippen molar-refractivity contribution in [2.24, 2.45) is 0 Å². The van der Waals surface area contributed by atoms with Crippen molar-refractivity contribution in [3.05, 3.63) is 18.0 Å². The Morgan fingerprint density at radius 3 is 2.29 bits per heavy atom. The number of carboxylic acid groups (broad SMARTS) is 1. The van der Waals surface area contributed by atoms with E-state index in [1.54, 1.807) is 0 Å². The minimum atomic E-state index is -3.94. The predicted octanol–water partition coefficient (Wildman–Crippen LogP) is -0.504. The number of hydrogen-bond acceptors (Lipinski definition) is 5. The molecule has 3 N–H and O–H groups in total. The molecule has 8 nitrogen and oxygen atoms in total. The van der Waals surface area contributed by atoms with Crippen LogP contribution in [0, 0.1) is 0 Å². The molecule has 1 saturated carbocycles. The normalized spacial score (nSPS) is 15.6. The van der Waals surface area contributed by atoms with Gasteiger partial charge in [-0.05, 0) is 18.9 Å². The van der Waals surface area contributed by atoms with Crippen LogP contribution < -0.4 is 0 Å². The second-order valence-electron chi connectivity index (χ2n) is 4.86. The molecule has 0 aliphatic heterocycles. The molecule has 1 aromatic rings. The summed E-state index contributed by atoms with van der Waals surface area (Å²) in [5, 5.41) is 27.0. The van der Waals surface area contributed by atoms with Crippen molar-refractivity contribution in [3.8, 4) is 0 Å². The molecular weight excluding hydrogens is 300 g/mol. The minimum absolute atomic E-state index is 0.0317. The average Bonchev–Trinajstić information content (AvgIpc) is 3.16. The maximum Gasteiger partial charge on any atom is 0.352 e. The number of aromatic carboxylic acids is 1. The highest BCUT2D eigenvalue weighted by Gasteiger charge is 2.32. The number of aromatic nitrogens is 1. The van der Waals surface area contributed by atoms with Crippen LogP contribution >= 0.6 is 0 Å². The molecule has 1 aliphatic rings. The van der Waals surface area contributed by atoms with Crippen molar-refractivity contribution >= 4 is 16.0 Å². The molecule has 0 radical (unpaired) electrons. The summed E-state index contributed by atoms with van der Waals surface area (Å²) in [6.45, 7) is -1.07. The highest BCUT2D eigenvalue weighted by atomic mass is 32.2. The zero-order valence-electron chi connectivity index (χ0n) is 11.3. The predicted molar refractivity (Wildman–Crippen MR) is 72.6 cm³/mol. The highest BCUT2D eigenvalue weighted by Crippen LogP contribution is 2.37. The lowest BCUT2D eigenvalue weighted by molar-refractivity contribution is 0.0685. The third-order valence-corrected chi connectivity index (χ3v) is 5.18. The summed E-state index contributed by atoms with van der Waals surface area (Å²) >= 11 is 0. The number of aliphatic hydroxyl groups excluding tert-OH is 2. The molecule has 0 spiro atoms. The van der Waals surface area contributed by atoms with Crippen molar-refractivity contribution in [2.45, 2.75) is 23.8 Å². The van der Waals surface area contributed by atoms with Crippen LogP contribution in [0.15, 0.2) is 17.2 Å². The number of carboxylic acids is 1. The smallest absolute Gasteiger partial charge is 0.352 e. The summed E-state index contributed by atoms with van der Waals surface area (Å²) in [4.78, 5) is 11.1. The van der Waals surface area contributed by atoms with Gasteiger partial charge in [0, 0.05) is 25.3 Å². The zero-order valence-corrected chi connectivity index (χ0v) is 12.2. The summed E-state index contributed by atoms with van der Waals surface area (Å²) in [5.74, 6) is -1.18. The van der Waals surface area contributed by atoms with Crippen molar-refractivity contribution in [1.29, 1.82) is 0 Å². The fourth-order valence-corrected chi connectivity index (χ4v) is 3.60. The van der Waals surface area contributed by atoms with Crippen molar-refractivity contribution in [2.75, 3.05) is 26.3 Å². The SMILES string of the molecule is O=C(O)c1cc(S(=O)(=O)N(CCO)CCO)cn1C1CC1. The van der Waals surface area contributed by atoms with Gasteiger partial charge >= 0.3 is 5.97 Å². The van der Waals surface area contributed by atoms with Gasteiger partial charge in [0.25, 0.3) is 0 Å². The zero-order chi connectivity index (χ0) is 15.6. The standard InChI is InChI=1S/C12H18N2O6S/c15-5-3-13(4-6-16)21(19,20)10-7-11(12(17)18)14(8-10)9-1-2-9/h7-9,15-16H,1-6H2,(H,17,18). The van der Waals surface area contributed by atoms with Crippen LogP contribution in [0.4, 0.5) is 0 Å². The highest BCUT2D eigenvalue weighted by molar-refractivity contribution is 7.89. The maximum absolute atomic E-state index is 12.4. The molecule has 1 aromatic heterocycles. The van der Waals surface area contributed by atoms with E-state index in [0.29, 0.717) is 0 Å². The quantitative estimate of drug-likeness (QED) is 0.594. The second kappa shape index (κ2) is 6.14. The van der Waals surface area contributed by atoms with Crippen LogP contribution in [-0.2, 0) is 10.0 Å². The third-order valence-electron chi connectivity index (χ3n) is 3.32. The van der Waals surface area contributed by atoms with Gasteiger partial charge in [-0.3, -0.25) is 0 Å². The molecule has 0 amide bonds. The van der Waals surface area contributed by atoms with Gasteiger partial charge in [0.1, 0.15) is 10.6 Å². The van der Waals surface area contributed by atoms with E-state index in [-0.39, 0.29) is 42.9 Å². The number of aliphatic hydroxyl groups is 2. The van der Waals surface area contributed by atoms with E-state index in [1.165, 1.54) is 10.8 Å². The van der Waals surface area contributed by atoms with Crippen molar-refractivity contribution < 1.29 is 28.5 Å². The van der Waals surface area contributed by atoms with E-state index >= 15 is 0 Å². The minimum Gasteiger partial charge on any atom is -0.477 e. The van der Waals surface area contributed by atoms with Gasteiger partial charge in [-0.2, -0.15) is 4.31 Å². The number of hydrogen-bond donors (Lipinski definition) is 3. The first-order valence-corrected chi connectivity index (χ1v) is 8.03. The largest absolute Gasteiger partial charge is 0.477 e. The fourth-order valence-electron chi connectivity index (χ4n) is 2.15. The molecule has 1 aliphatic carbocycles. The van der Waals surface area contributed by atoms with E-state index in [1.807, 2.05) is 0 Å². The topological polar surface area (TPSA) is 120 Å². The first-order valence-electron chi connectivity index (χ1n) is 6.59. The Kier molecular flexibility index (Phi) is 4.67. The van der Waals surface area contributed by atoms with Crippen LogP contribution in [0.2, 0.25) is 0 Å². The summed E-state index contributed by atoms with van der Waals surface area (Å²) in [6.07, 6.45) is 2.97. The number of rotatable bonds is 8. The molecule has 2 rings (SSSR count). The van der Waals surface area contributed by atoms with Gasteiger partial charge in [0.2, 0.25) is 10.0 Å². The number of carbonyl (C=O) groups is 1. The van der Waals surface area contributed by atoms with Gasteiger partial charge in [0.15, 0.2) is 0 Å². The molecule has 1 fully saturated rings. The van der Waals surface area contributed by atoms with E-state index in [2.05, 4.69) is 0 Å². The molecule has 9 heteroatoms. The molecule has 118 valence electrons. The Bertz CT molecular complexity index is 614. The Morgan fingerprint density at radius 2 is 1.86 bits per heavy atom. The molecule has 0 saturated heterocycles. The maximum atomic E-state index is 12.4. The molecule has 0 bridgehead atoms. The molecule has 0 aromatic carbocycles. The van der Waals surface area contributed by atoms with Crippen molar-refractivity contribution in [3.63, 3.8) is 0 Å². The summed E-state index contributed by atoms with van der Waals surface area (Å²) in [6, 6.07) is 1.15. The average molecular weight is 318 g/mol. The lowest BCUT2D eigenvalue weighted by Gasteiger charge is -2.19. The van der Waals surface area contributed by atoms with E-state index in [0.717, 1.165) is 23.2 Å². The third kappa shape index (κ3) is 3.26. The number of nitrogens with zero attached hydrogens (tertiary/aromatic N) is 2. The molecular formula is C12H18N2O6S. The van der Waals surface area contributed by atoms with Gasteiger partial charge in [-0.25, -0.2) is 13.2 Å². The number of sulfonamides is 1. The Labute approximate surface area is 122 Å². The van der Waals surface area contributed by atoms with E-state index < -0.39 is 16.0 Å².